The standard InChI is InChI=1S/C36H40N6/c1-5-20-37-33(12-1)16-24-41(25-17-34-13-2-6-21-38-34)29-31-10-9-11-32(28-31)30-42(26-18-35-14-3-7-22-39-35)27-19-36-15-4-8-23-40-36/h1-15,20-23,28H,16-19,24-27,29-30H2. The van der Waals surface area contributed by atoms with Gasteiger partial charge in [0.15, 0.2) is 0 Å². The third-order valence-electron chi connectivity index (χ3n) is 7.45. The van der Waals surface area contributed by atoms with Gasteiger partial charge in [-0.2, -0.15) is 0 Å². The molecule has 0 bridgehead atoms. The molecule has 0 unspecified atom stereocenters. The van der Waals surface area contributed by atoms with Gasteiger partial charge in [0.05, 0.1) is 0 Å². The highest BCUT2D eigenvalue weighted by molar-refractivity contribution is 5.24. The minimum Gasteiger partial charge on any atom is -0.298 e. The van der Waals surface area contributed by atoms with Crippen LogP contribution in [0.5, 0.6) is 0 Å². The summed E-state index contributed by atoms with van der Waals surface area (Å²) in [6.45, 7) is 5.61. The van der Waals surface area contributed by atoms with Crippen molar-refractivity contribution >= 4 is 0 Å². The molecule has 0 saturated heterocycles. The smallest absolute Gasteiger partial charge is 0.0416 e. The van der Waals surface area contributed by atoms with Gasteiger partial charge in [0.25, 0.3) is 0 Å². The fraction of sp³-hybridized carbons (Fsp3) is 0.278. The van der Waals surface area contributed by atoms with Gasteiger partial charge in [-0.1, -0.05) is 48.5 Å². The van der Waals surface area contributed by atoms with Gasteiger partial charge in [-0.15, -0.1) is 0 Å². The van der Waals surface area contributed by atoms with Crippen molar-refractivity contribution in [2.75, 3.05) is 26.2 Å². The number of pyridine rings is 4. The van der Waals surface area contributed by atoms with Crippen molar-refractivity contribution in [3.05, 3.63) is 156 Å². The van der Waals surface area contributed by atoms with E-state index >= 15 is 0 Å². The Bertz CT molecular complexity index is 1240. The lowest BCUT2D eigenvalue weighted by Crippen LogP contribution is -2.29. The molecule has 4 aromatic heterocycles. The van der Waals surface area contributed by atoms with Crippen molar-refractivity contribution in [3.8, 4) is 0 Å². The predicted octanol–water partition coefficient (Wildman–Crippen LogP) is 5.84. The minimum absolute atomic E-state index is 0.898. The van der Waals surface area contributed by atoms with Gasteiger partial charge in [0, 0.05) is 113 Å². The molecule has 0 aliphatic rings. The first-order chi connectivity index (χ1) is 20.8. The molecule has 5 aromatic rings. The molecular formula is C36H40N6. The van der Waals surface area contributed by atoms with E-state index in [1.165, 1.54) is 11.1 Å². The number of benzene rings is 1. The molecule has 6 heteroatoms. The average molecular weight is 557 g/mol. The van der Waals surface area contributed by atoms with Crippen LogP contribution in [0.1, 0.15) is 33.9 Å². The molecule has 0 aliphatic heterocycles. The van der Waals surface area contributed by atoms with Crippen molar-refractivity contribution < 1.29 is 0 Å². The van der Waals surface area contributed by atoms with E-state index in [9.17, 15) is 0 Å². The molecular weight excluding hydrogens is 516 g/mol. The molecule has 214 valence electrons. The molecule has 5 rings (SSSR count). The van der Waals surface area contributed by atoms with Crippen LogP contribution in [-0.4, -0.2) is 55.9 Å². The zero-order valence-corrected chi connectivity index (χ0v) is 24.3. The first kappa shape index (κ1) is 29.2. The Morgan fingerprint density at radius 1 is 0.381 bits per heavy atom. The molecule has 0 saturated carbocycles. The number of rotatable bonds is 16. The van der Waals surface area contributed by atoms with E-state index in [0.29, 0.717) is 0 Å². The van der Waals surface area contributed by atoms with Crippen molar-refractivity contribution in [2.24, 2.45) is 0 Å². The van der Waals surface area contributed by atoms with E-state index in [1.54, 1.807) is 0 Å². The van der Waals surface area contributed by atoms with Crippen molar-refractivity contribution in [1.82, 2.24) is 29.7 Å². The summed E-state index contributed by atoms with van der Waals surface area (Å²) in [7, 11) is 0. The van der Waals surface area contributed by atoms with E-state index in [0.717, 1.165) is 87.7 Å². The van der Waals surface area contributed by atoms with Crippen LogP contribution in [0, 0.1) is 0 Å². The first-order valence-corrected chi connectivity index (χ1v) is 14.9. The van der Waals surface area contributed by atoms with Gasteiger partial charge < -0.3 is 0 Å². The second-order valence-corrected chi connectivity index (χ2v) is 10.7. The lowest BCUT2D eigenvalue weighted by Gasteiger charge is -2.24. The quantitative estimate of drug-likeness (QED) is 0.152. The fourth-order valence-electron chi connectivity index (χ4n) is 5.16. The summed E-state index contributed by atoms with van der Waals surface area (Å²) in [6, 6.07) is 33.7. The minimum atomic E-state index is 0.898. The molecule has 6 nitrogen and oxygen atoms in total. The third kappa shape index (κ3) is 9.98. The molecule has 0 aliphatic carbocycles. The van der Waals surface area contributed by atoms with Gasteiger partial charge in [-0.05, 0) is 59.7 Å². The highest BCUT2D eigenvalue weighted by Crippen LogP contribution is 2.14. The fourth-order valence-corrected chi connectivity index (χ4v) is 5.16. The highest BCUT2D eigenvalue weighted by Gasteiger charge is 2.12. The second-order valence-electron chi connectivity index (χ2n) is 10.7. The first-order valence-electron chi connectivity index (χ1n) is 14.9. The average Bonchev–Trinajstić information content (AvgIpc) is 3.06. The Kier molecular flexibility index (Phi) is 11.3. The van der Waals surface area contributed by atoms with Gasteiger partial charge in [0.2, 0.25) is 0 Å². The van der Waals surface area contributed by atoms with E-state index in [4.69, 9.17) is 0 Å². The van der Waals surface area contributed by atoms with E-state index < -0.39 is 0 Å². The van der Waals surface area contributed by atoms with E-state index in [2.05, 4.69) is 103 Å². The monoisotopic (exact) mass is 556 g/mol. The van der Waals surface area contributed by atoms with Crippen LogP contribution in [-0.2, 0) is 38.8 Å². The summed E-state index contributed by atoms with van der Waals surface area (Å²) in [5, 5.41) is 0. The maximum Gasteiger partial charge on any atom is 0.0416 e. The molecule has 0 radical (unpaired) electrons. The number of aromatic nitrogens is 4. The highest BCUT2D eigenvalue weighted by atomic mass is 15.1. The Morgan fingerprint density at radius 2 is 0.714 bits per heavy atom. The molecule has 4 heterocycles. The van der Waals surface area contributed by atoms with Crippen molar-refractivity contribution in [2.45, 2.75) is 38.8 Å². The number of hydrogen-bond donors (Lipinski definition) is 0. The van der Waals surface area contributed by atoms with Crippen LogP contribution in [0.4, 0.5) is 0 Å². The third-order valence-corrected chi connectivity index (χ3v) is 7.45. The van der Waals surface area contributed by atoms with E-state index in [1.807, 2.05) is 49.1 Å². The SMILES string of the molecule is c1ccc(CCN(CCc2ccccn2)Cc2cccc(CN(CCc3ccccn3)CCc3ccccn3)c2)nc1. The van der Waals surface area contributed by atoms with Crippen LogP contribution in [0.3, 0.4) is 0 Å². The van der Waals surface area contributed by atoms with Crippen LogP contribution in [0.15, 0.2) is 122 Å². The van der Waals surface area contributed by atoms with Crippen molar-refractivity contribution in [1.29, 1.82) is 0 Å². The van der Waals surface area contributed by atoms with Crippen molar-refractivity contribution in [3.63, 3.8) is 0 Å². The predicted molar refractivity (Wildman–Crippen MR) is 169 cm³/mol. The van der Waals surface area contributed by atoms with Gasteiger partial charge in [0.1, 0.15) is 0 Å². The molecule has 1 aromatic carbocycles. The van der Waals surface area contributed by atoms with Crippen LogP contribution < -0.4 is 0 Å². The Hall–Kier alpha value is -4.26. The topological polar surface area (TPSA) is 58.0 Å². The van der Waals surface area contributed by atoms with E-state index in [-0.39, 0.29) is 0 Å². The van der Waals surface area contributed by atoms with Crippen LogP contribution in [0.25, 0.3) is 0 Å². The summed E-state index contributed by atoms with van der Waals surface area (Å²) in [5.41, 5.74) is 7.19. The maximum absolute atomic E-state index is 4.55. The molecule has 0 atom stereocenters. The van der Waals surface area contributed by atoms with Gasteiger partial charge in [-0.3, -0.25) is 29.7 Å². The molecule has 0 fully saturated rings. The summed E-state index contributed by atoms with van der Waals surface area (Å²) in [4.78, 5) is 23.3. The van der Waals surface area contributed by atoms with Gasteiger partial charge >= 0.3 is 0 Å². The van der Waals surface area contributed by atoms with Crippen LogP contribution in [0.2, 0.25) is 0 Å². The Balaban J connectivity index is 1.25. The maximum atomic E-state index is 4.55. The summed E-state index contributed by atoms with van der Waals surface area (Å²) >= 11 is 0. The zero-order valence-electron chi connectivity index (χ0n) is 24.3. The summed E-state index contributed by atoms with van der Waals surface area (Å²) in [5.74, 6) is 0. The lowest BCUT2D eigenvalue weighted by molar-refractivity contribution is 0.266. The molecule has 0 spiro atoms. The number of hydrogen-bond acceptors (Lipinski definition) is 6. The molecule has 0 amide bonds. The normalized spacial score (nSPS) is 11.3. The Labute approximate surface area is 250 Å². The Morgan fingerprint density at radius 3 is 1.00 bits per heavy atom. The largest absolute Gasteiger partial charge is 0.298 e. The van der Waals surface area contributed by atoms with Gasteiger partial charge in [-0.25, -0.2) is 0 Å². The number of nitrogens with zero attached hydrogens (tertiary/aromatic N) is 6. The second kappa shape index (κ2) is 16.2. The zero-order chi connectivity index (χ0) is 28.7. The molecule has 42 heavy (non-hydrogen) atoms. The van der Waals surface area contributed by atoms with Crippen LogP contribution >= 0.6 is 0 Å². The lowest BCUT2D eigenvalue weighted by atomic mass is 10.1. The summed E-state index contributed by atoms with van der Waals surface area (Å²) < 4.78 is 0. The summed E-state index contributed by atoms with van der Waals surface area (Å²) in [6.07, 6.45) is 11.2. The molecule has 0 N–H and O–H groups in total.